The van der Waals surface area contributed by atoms with E-state index in [1.807, 2.05) is 13.0 Å². The first-order chi connectivity index (χ1) is 13.5. The van der Waals surface area contributed by atoms with Gasteiger partial charge in [-0.1, -0.05) is 44.5 Å². The third-order valence-corrected chi connectivity index (χ3v) is 5.27. The molecule has 0 saturated heterocycles. The van der Waals surface area contributed by atoms with Crippen LogP contribution in [0.15, 0.2) is 43.0 Å². The smallest absolute Gasteiger partial charge is 0.207 e. The summed E-state index contributed by atoms with van der Waals surface area (Å²) in [6.07, 6.45) is 0.272. The molecule has 2 aromatic rings. The summed E-state index contributed by atoms with van der Waals surface area (Å²) < 4.78 is 74.7. The summed E-state index contributed by atoms with van der Waals surface area (Å²) >= 11 is 0. The molecule has 1 saturated carbocycles. The Morgan fingerprint density at radius 3 is 2.03 bits per heavy atom. The minimum Gasteiger partial charge on any atom is -0.207 e. The second-order valence-electron chi connectivity index (χ2n) is 7.56. The number of hydrogen-bond donors (Lipinski definition) is 0. The molecule has 0 spiro atoms. The molecule has 0 radical (unpaired) electrons. The summed E-state index contributed by atoms with van der Waals surface area (Å²) in [5, 5.41) is 0. The zero-order chi connectivity index (χ0) is 21.8. The molecule has 0 unspecified atom stereocenters. The molecule has 0 aliphatic heterocycles. The summed E-state index contributed by atoms with van der Waals surface area (Å²) in [6.45, 7) is 6.98. The first-order valence-electron chi connectivity index (χ1n) is 9.46. The average molecular weight is 414 g/mol. The maximum atomic E-state index is 13.4. The van der Waals surface area contributed by atoms with E-state index in [1.165, 1.54) is 31.2 Å². The van der Waals surface area contributed by atoms with Gasteiger partial charge in [-0.15, -0.1) is 0 Å². The van der Waals surface area contributed by atoms with E-state index in [4.69, 9.17) is 0 Å². The summed E-state index contributed by atoms with van der Waals surface area (Å²) in [4.78, 5) is 0. The summed E-state index contributed by atoms with van der Waals surface area (Å²) in [5.74, 6) is -1.08. The van der Waals surface area contributed by atoms with Gasteiger partial charge in [0.15, 0.2) is 0 Å². The Hall–Kier alpha value is -2.24. The van der Waals surface area contributed by atoms with Gasteiger partial charge in [-0.2, -0.15) is 13.2 Å². The maximum Gasteiger partial charge on any atom is 0.419 e. The van der Waals surface area contributed by atoms with Gasteiger partial charge in [0.2, 0.25) is 0 Å². The third kappa shape index (κ3) is 6.38. The van der Waals surface area contributed by atoms with Crippen molar-refractivity contribution in [3.63, 3.8) is 0 Å². The predicted molar refractivity (Wildman–Crippen MR) is 103 cm³/mol. The van der Waals surface area contributed by atoms with Gasteiger partial charge < -0.3 is 0 Å². The molecule has 6 heteroatoms. The highest BCUT2D eigenvalue weighted by Crippen LogP contribution is 2.36. The lowest BCUT2D eigenvalue weighted by Gasteiger charge is -2.26. The SMILES string of the molecule is C=C(F)c1ccc(C(F)(F)F)c(F)c1.Cc1ccc(C2CCC(C)CC2)cc1F. The molecule has 2 aromatic carbocycles. The first kappa shape index (κ1) is 23.0. The third-order valence-electron chi connectivity index (χ3n) is 5.27. The highest BCUT2D eigenvalue weighted by atomic mass is 19.4. The predicted octanol–water partition coefficient (Wildman–Crippen LogP) is 8.21. The second kappa shape index (κ2) is 9.51. The maximum absolute atomic E-state index is 13.4. The fourth-order valence-electron chi connectivity index (χ4n) is 3.37. The second-order valence-corrected chi connectivity index (χ2v) is 7.56. The van der Waals surface area contributed by atoms with Crippen molar-refractivity contribution in [1.29, 1.82) is 0 Å². The van der Waals surface area contributed by atoms with Crippen molar-refractivity contribution in [2.45, 2.75) is 51.6 Å². The van der Waals surface area contributed by atoms with E-state index in [0.717, 1.165) is 17.5 Å². The van der Waals surface area contributed by atoms with Crippen molar-refractivity contribution in [3.05, 3.63) is 76.9 Å². The number of benzene rings is 2. The molecule has 1 aliphatic rings. The number of aryl methyl sites for hydroxylation is 1. The normalized spacial score (nSPS) is 19.3. The van der Waals surface area contributed by atoms with Crippen LogP contribution in [0.2, 0.25) is 0 Å². The molecule has 0 aromatic heterocycles. The summed E-state index contributed by atoms with van der Waals surface area (Å²) in [6, 6.07) is 7.51. The van der Waals surface area contributed by atoms with E-state index < -0.39 is 23.4 Å². The number of hydrogen-bond acceptors (Lipinski definition) is 0. The Kier molecular flexibility index (Phi) is 7.55. The van der Waals surface area contributed by atoms with Gasteiger partial charge >= 0.3 is 6.18 Å². The fraction of sp³-hybridized carbons (Fsp3) is 0.391. The minimum atomic E-state index is -4.76. The van der Waals surface area contributed by atoms with Crippen LogP contribution in [-0.2, 0) is 6.18 Å². The molecule has 0 heterocycles. The quantitative estimate of drug-likeness (QED) is 0.434. The van der Waals surface area contributed by atoms with E-state index in [0.29, 0.717) is 18.1 Å². The van der Waals surface area contributed by atoms with Gasteiger partial charge in [0, 0.05) is 5.56 Å². The van der Waals surface area contributed by atoms with Crippen LogP contribution in [0, 0.1) is 24.5 Å². The van der Waals surface area contributed by atoms with E-state index >= 15 is 0 Å². The number of halogens is 6. The van der Waals surface area contributed by atoms with Gasteiger partial charge in [-0.3, -0.25) is 0 Å². The zero-order valence-corrected chi connectivity index (χ0v) is 16.4. The summed E-state index contributed by atoms with van der Waals surface area (Å²) in [7, 11) is 0. The minimum absolute atomic E-state index is 0.0499. The van der Waals surface area contributed by atoms with Crippen molar-refractivity contribution in [3.8, 4) is 0 Å². The number of rotatable bonds is 2. The largest absolute Gasteiger partial charge is 0.419 e. The van der Waals surface area contributed by atoms with Crippen LogP contribution in [0.1, 0.15) is 60.8 Å². The highest BCUT2D eigenvalue weighted by molar-refractivity contribution is 5.57. The van der Waals surface area contributed by atoms with Crippen LogP contribution in [0.3, 0.4) is 0 Å². The van der Waals surface area contributed by atoms with Gasteiger partial charge in [0.05, 0.1) is 5.56 Å². The van der Waals surface area contributed by atoms with Gasteiger partial charge in [0.1, 0.15) is 17.5 Å². The lowest BCUT2D eigenvalue weighted by Crippen LogP contribution is -2.11. The van der Waals surface area contributed by atoms with Crippen LogP contribution in [-0.4, -0.2) is 0 Å². The van der Waals surface area contributed by atoms with Crippen molar-refractivity contribution in [2.24, 2.45) is 5.92 Å². The molecule has 0 nitrogen and oxygen atoms in total. The van der Waals surface area contributed by atoms with Gasteiger partial charge in [0.25, 0.3) is 0 Å². The van der Waals surface area contributed by atoms with Crippen molar-refractivity contribution >= 4 is 5.83 Å². The van der Waals surface area contributed by atoms with Crippen molar-refractivity contribution in [1.82, 2.24) is 0 Å². The zero-order valence-electron chi connectivity index (χ0n) is 16.4. The summed E-state index contributed by atoms with van der Waals surface area (Å²) in [5.41, 5.74) is 0.242. The Balaban J connectivity index is 0.000000208. The van der Waals surface area contributed by atoms with Gasteiger partial charge in [-0.05, 0) is 60.9 Å². The monoisotopic (exact) mass is 414 g/mol. The van der Waals surface area contributed by atoms with Crippen LogP contribution in [0.4, 0.5) is 26.3 Å². The van der Waals surface area contributed by atoms with Gasteiger partial charge in [-0.25, -0.2) is 13.2 Å². The van der Waals surface area contributed by atoms with Crippen molar-refractivity contribution in [2.75, 3.05) is 0 Å². The van der Waals surface area contributed by atoms with Crippen molar-refractivity contribution < 1.29 is 26.3 Å². The first-order valence-corrected chi connectivity index (χ1v) is 9.46. The van der Waals surface area contributed by atoms with Crippen LogP contribution >= 0.6 is 0 Å². The van der Waals surface area contributed by atoms with E-state index in [2.05, 4.69) is 19.6 Å². The lowest BCUT2D eigenvalue weighted by molar-refractivity contribution is -0.140. The highest BCUT2D eigenvalue weighted by Gasteiger charge is 2.34. The fourth-order valence-corrected chi connectivity index (χ4v) is 3.37. The molecule has 0 N–H and O–H groups in total. The lowest BCUT2D eigenvalue weighted by atomic mass is 9.79. The van der Waals surface area contributed by atoms with E-state index in [-0.39, 0.29) is 11.4 Å². The molecule has 0 bridgehead atoms. The Morgan fingerprint density at radius 1 is 0.931 bits per heavy atom. The topological polar surface area (TPSA) is 0 Å². The molecule has 0 atom stereocenters. The van der Waals surface area contributed by atoms with Crippen LogP contribution in [0.25, 0.3) is 5.83 Å². The molecule has 158 valence electrons. The molecule has 29 heavy (non-hydrogen) atoms. The Bertz CT molecular complexity index is 845. The van der Waals surface area contributed by atoms with E-state index in [9.17, 15) is 26.3 Å². The molecule has 0 amide bonds. The Labute approximate surface area is 167 Å². The molecule has 1 aliphatic carbocycles. The molecular weight excluding hydrogens is 390 g/mol. The standard InChI is InChI=1S/C14H19F.C9H5F5/c1-10-3-6-12(7-4-10)13-8-5-11(2)14(15)9-13;1-5(10)6-2-3-7(8(11)4-6)9(12,13)14/h5,8-10,12H,3-4,6-7H2,1-2H3;2-4H,1H2. The average Bonchev–Trinajstić information content (AvgIpc) is 2.64. The van der Waals surface area contributed by atoms with Crippen LogP contribution in [0.5, 0.6) is 0 Å². The Morgan fingerprint density at radius 2 is 1.55 bits per heavy atom. The molecular formula is C23H24F6. The number of alkyl halides is 3. The van der Waals surface area contributed by atoms with E-state index in [1.54, 1.807) is 6.07 Å². The van der Waals surface area contributed by atoms with Crippen LogP contribution < -0.4 is 0 Å². The molecule has 1 fully saturated rings. The molecule has 3 rings (SSSR count).